The number of rotatable bonds is 4. The van der Waals surface area contributed by atoms with Crippen molar-refractivity contribution < 1.29 is 0 Å². The van der Waals surface area contributed by atoms with Gasteiger partial charge in [0.2, 0.25) is 0 Å². The van der Waals surface area contributed by atoms with E-state index in [1.165, 1.54) is 0 Å². The van der Waals surface area contributed by atoms with Gasteiger partial charge in [-0.1, -0.05) is 11.6 Å². The largest absolute Gasteiger partial charge is 0.382 e. The van der Waals surface area contributed by atoms with E-state index in [0.717, 1.165) is 53.0 Å². The highest BCUT2D eigenvalue weighted by Gasteiger charge is 2.30. The molecule has 2 N–H and O–H groups in total. The molecule has 2 aromatic heterocycles. The molecule has 2 atom stereocenters. The zero-order valence-electron chi connectivity index (χ0n) is 14.3. The van der Waals surface area contributed by atoms with Crippen LogP contribution in [-0.4, -0.2) is 32.7 Å². The zero-order chi connectivity index (χ0) is 17.4. The number of halogens is 1. The summed E-state index contributed by atoms with van der Waals surface area (Å²) in [5.74, 6) is 2.29. The van der Waals surface area contributed by atoms with Gasteiger partial charge >= 0.3 is 0 Å². The molecule has 0 bridgehead atoms. The van der Waals surface area contributed by atoms with E-state index in [2.05, 4.69) is 37.1 Å². The monoisotopic (exact) mass is 356 g/mol. The lowest BCUT2D eigenvalue weighted by atomic mass is 10.1. The van der Waals surface area contributed by atoms with Crippen LogP contribution in [0.25, 0.3) is 5.65 Å². The molecule has 25 heavy (non-hydrogen) atoms. The van der Waals surface area contributed by atoms with Crippen LogP contribution in [0.2, 0.25) is 5.02 Å². The zero-order valence-corrected chi connectivity index (χ0v) is 15.1. The van der Waals surface area contributed by atoms with Gasteiger partial charge in [-0.15, -0.1) is 10.2 Å². The molecule has 0 saturated heterocycles. The van der Waals surface area contributed by atoms with E-state index in [4.69, 9.17) is 11.6 Å². The number of aromatic nitrogens is 4. The van der Waals surface area contributed by atoms with Crippen LogP contribution >= 0.6 is 11.6 Å². The molecule has 0 spiro atoms. The van der Waals surface area contributed by atoms with Gasteiger partial charge in [-0.25, -0.2) is 4.98 Å². The lowest BCUT2D eigenvalue weighted by Crippen LogP contribution is -2.15. The lowest BCUT2D eigenvalue weighted by Gasteiger charge is -2.15. The molecule has 130 valence electrons. The van der Waals surface area contributed by atoms with Crippen LogP contribution in [0.1, 0.15) is 36.7 Å². The van der Waals surface area contributed by atoms with Crippen LogP contribution in [0.3, 0.4) is 0 Å². The third-order valence-electron chi connectivity index (χ3n) is 4.95. The van der Waals surface area contributed by atoms with E-state index in [1.807, 2.05) is 31.3 Å². The number of nitrogens with zero attached hydrogens (tertiary/aromatic N) is 4. The molecule has 0 radical (unpaired) electrons. The molecule has 1 aromatic carbocycles. The van der Waals surface area contributed by atoms with E-state index in [-0.39, 0.29) is 0 Å². The van der Waals surface area contributed by atoms with Gasteiger partial charge in [0, 0.05) is 29.7 Å². The van der Waals surface area contributed by atoms with Gasteiger partial charge in [-0.05, 0) is 50.5 Å². The fourth-order valence-electron chi connectivity index (χ4n) is 3.70. The van der Waals surface area contributed by atoms with Gasteiger partial charge < -0.3 is 10.6 Å². The summed E-state index contributed by atoms with van der Waals surface area (Å²) in [6.45, 7) is 2.05. The van der Waals surface area contributed by atoms with Crippen molar-refractivity contribution in [3.8, 4) is 0 Å². The summed E-state index contributed by atoms with van der Waals surface area (Å²) in [5, 5.41) is 16.3. The number of nitrogens with one attached hydrogen (secondary N) is 2. The molecule has 6 nitrogen and oxygen atoms in total. The predicted molar refractivity (Wildman–Crippen MR) is 101 cm³/mol. The number of hydrogen-bond donors (Lipinski definition) is 2. The van der Waals surface area contributed by atoms with Crippen LogP contribution in [-0.2, 0) is 0 Å². The molecule has 0 unspecified atom stereocenters. The summed E-state index contributed by atoms with van der Waals surface area (Å²) >= 11 is 5.96. The minimum Gasteiger partial charge on any atom is -0.382 e. The van der Waals surface area contributed by atoms with Gasteiger partial charge in [0.25, 0.3) is 0 Å². The highest BCUT2D eigenvalue weighted by atomic mass is 35.5. The van der Waals surface area contributed by atoms with Gasteiger partial charge in [0.1, 0.15) is 11.6 Å². The molecule has 1 fully saturated rings. The van der Waals surface area contributed by atoms with E-state index in [0.29, 0.717) is 12.0 Å². The average molecular weight is 357 g/mol. The Morgan fingerprint density at radius 1 is 1.16 bits per heavy atom. The maximum Gasteiger partial charge on any atom is 0.179 e. The van der Waals surface area contributed by atoms with Crippen LogP contribution in [0.4, 0.5) is 11.5 Å². The van der Waals surface area contributed by atoms with E-state index >= 15 is 0 Å². The molecule has 1 saturated carbocycles. The van der Waals surface area contributed by atoms with Gasteiger partial charge in [0.15, 0.2) is 5.65 Å². The minimum atomic E-state index is 0.394. The molecule has 4 rings (SSSR count). The third kappa shape index (κ3) is 3.02. The first-order valence-corrected chi connectivity index (χ1v) is 8.94. The number of anilines is 2. The topological polar surface area (TPSA) is 67.1 Å². The fourth-order valence-corrected chi connectivity index (χ4v) is 3.82. The number of benzene rings is 1. The molecule has 3 aromatic rings. The molecule has 7 heteroatoms. The summed E-state index contributed by atoms with van der Waals surface area (Å²) in [5.41, 5.74) is 2.97. The van der Waals surface area contributed by atoms with E-state index in [1.54, 1.807) is 6.20 Å². The number of aryl methyl sites for hydroxylation is 1. The highest BCUT2D eigenvalue weighted by molar-refractivity contribution is 6.30. The Morgan fingerprint density at radius 3 is 2.72 bits per heavy atom. The maximum absolute atomic E-state index is 5.96. The maximum atomic E-state index is 5.96. The van der Waals surface area contributed by atoms with Crippen molar-refractivity contribution in [3.63, 3.8) is 0 Å². The molecule has 1 aliphatic carbocycles. The second-order valence-electron chi connectivity index (χ2n) is 6.55. The van der Waals surface area contributed by atoms with Crippen LogP contribution in [0.15, 0.2) is 30.5 Å². The fraction of sp³-hybridized carbons (Fsp3) is 0.389. The first-order valence-electron chi connectivity index (χ1n) is 8.56. The van der Waals surface area contributed by atoms with Gasteiger partial charge in [-0.3, -0.25) is 4.40 Å². The Morgan fingerprint density at radius 2 is 1.96 bits per heavy atom. The Hall–Kier alpha value is -2.34. The van der Waals surface area contributed by atoms with Gasteiger partial charge in [-0.2, -0.15) is 0 Å². The molecule has 0 amide bonds. The van der Waals surface area contributed by atoms with Crippen molar-refractivity contribution in [1.29, 1.82) is 0 Å². The summed E-state index contributed by atoms with van der Waals surface area (Å²) < 4.78 is 2.13. The van der Waals surface area contributed by atoms with Crippen molar-refractivity contribution in [1.82, 2.24) is 19.6 Å². The number of fused-ring (bicyclic) bond motifs is 1. The SMILES string of the molecule is CNc1ncc2nnc([C@@H]3CC[C@@H](Nc4ccc(Cl)cc4)C3)n2c1C. The highest BCUT2D eigenvalue weighted by Crippen LogP contribution is 2.36. The molecule has 0 aliphatic heterocycles. The van der Waals surface area contributed by atoms with Crippen molar-refractivity contribution in [2.24, 2.45) is 0 Å². The standard InChI is InChI=1S/C18H21ClN6/c1-11-17(20-2)21-10-16-23-24-18(25(11)16)12-3-6-15(9-12)22-14-7-4-13(19)5-8-14/h4-5,7-8,10,12,15,20,22H,3,6,9H2,1-2H3/t12-,15-/m1/s1. The minimum absolute atomic E-state index is 0.394. The van der Waals surface area contributed by atoms with Crippen LogP contribution in [0.5, 0.6) is 0 Å². The second kappa shape index (κ2) is 6.52. The lowest BCUT2D eigenvalue weighted by molar-refractivity contribution is 0.645. The molecular formula is C18H21ClN6. The quantitative estimate of drug-likeness (QED) is 0.742. The second-order valence-corrected chi connectivity index (χ2v) is 6.99. The summed E-state index contributed by atoms with van der Waals surface area (Å²) in [6.07, 6.45) is 5.03. The van der Waals surface area contributed by atoms with Crippen molar-refractivity contribution in [2.45, 2.75) is 38.1 Å². The normalized spacial score (nSPS) is 20.1. The predicted octanol–water partition coefficient (Wildman–Crippen LogP) is 3.88. The van der Waals surface area contributed by atoms with Crippen LogP contribution in [0, 0.1) is 6.92 Å². The van der Waals surface area contributed by atoms with E-state index in [9.17, 15) is 0 Å². The first kappa shape index (κ1) is 16.1. The summed E-state index contributed by atoms with van der Waals surface area (Å²) in [7, 11) is 1.88. The Labute approximate surface area is 151 Å². The van der Waals surface area contributed by atoms with Crippen LogP contribution < -0.4 is 10.6 Å². The van der Waals surface area contributed by atoms with Crippen molar-refractivity contribution in [2.75, 3.05) is 17.7 Å². The Bertz CT molecular complexity index is 888. The van der Waals surface area contributed by atoms with Crippen molar-refractivity contribution >= 4 is 28.8 Å². The van der Waals surface area contributed by atoms with E-state index < -0.39 is 0 Å². The Balaban J connectivity index is 1.55. The molecule has 2 heterocycles. The average Bonchev–Trinajstić information content (AvgIpc) is 3.24. The summed E-state index contributed by atoms with van der Waals surface area (Å²) in [6, 6.07) is 8.31. The number of hydrogen-bond acceptors (Lipinski definition) is 5. The molecule has 1 aliphatic rings. The van der Waals surface area contributed by atoms with Crippen molar-refractivity contribution in [3.05, 3.63) is 47.0 Å². The first-order chi connectivity index (χ1) is 12.2. The summed E-state index contributed by atoms with van der Waals surface area (Å²) in [4.78, 5) is 4.39. The molecular weight excluding hydrogens is 336 g/mol. The Kier molecular flexibility index (Phi) is 4.21. The smallest absolute Gasteiger partial charge is 0.179 e. The third-order valence-corrected chi connectivity index (χ3v) is 5.20. The van der Waals surface area contributed by atoms with Gasteiger partial charge in [0.05, 0.1) is 11.9 Å².